The van der Waals surface area contributed by atoms with E-state index in [0.717, 1.165) is 17.1 Å². The van der Waals surface area contributed by atoms with Gasteiger partial charge in [0.25, 0.3) is 11.8 Å². The van der Waals surface area contributed by atoms with Gasteiger partial charge in [0.1, 0.15) is 13.6 Å². The fourth-order valence-corrected chi connectivity index (χ4v) is 1.06. The predicted octanol–water partition coefficient (Wildman–Crippen LogP) is -0.615. The number of carbonyl (C=O) groups excluding carboxylic acids is 3. The van der Waals surface area contributed by atoms with E-state index in [0.29, 0.717) is 0 Å². The van der Waals surface area contributed by atoms with Crippen molar-refractivity contribution in [2.24, 2.45) is 0 Å². The maximum Gasteiger partial charge on any atom is 0.253 e. The molecule has 66 valence electrons. The third-order valence-corrected chi connectivity index (χ3v) is 1.61. The minimum Gasteiger partial charge on any atom is -0.300 e. The minimum atomic E-state index is -0.956. The Morgan fingerprint density at radius 1 is 1.62 bits per heavy atom. The summed E-state index contributed by atoms with van der Waals surface area (Å²) < 4.78 is 6.76. The number of imide groups is 1. The van der Waals surface area contributed by atoms with E-state index >= 15 is 0 Å². The van der Waals surface area contributed by atoms with E-state index in [1.54, 1.807) is 0 Å². The van der Waals surface area contributed by atoms with Crippen molar-refractivity contribution in [2.75, 3.05) is 0 Å². The average molecular weight is 178 g/mol. The van der Waals surface area contributed by atoms with Crippen molar-refractivity contribution in [2.45, 2.75) is 19.3 Å². The van der Waals surface area contributed by atoms with Crippen molar-refractivity contribution in [3.63, 3.8) is 0 Å². The highest BCUT2D eigenvalue weighted by Crippen LogP contribution is 2.09. The van der Waals surface area contributed by atoms with E-state index in [-0.39, 0.29) is 6.42 Å². The highest BCUT2D eigenvalue weighted by Gasteiger charge is 2.28. The zero-order valence-corrected chi connectivity index (χ0v) is 6.90. The van der Waals surface area contributed by atoms with Gasteiger partial charge in [0.2, 0.25) is 0 Å². The second-order valence-electron chi connectivity index (χ2n) is 2.69. The lowest BCUT2D eigenvalue weighted by Gasteiger charge is -2.21. The fraction of sp³-hybridized carbons (Fsp3) is 0.375. The molecule has 0 N–H and O–H groups in total. The van der Waals surface area contributed by atoms with Gasteiger partial charge < -0.3 is 0 Å². The van der Waals surface area contributed by atoms with Crippen LogP contribution in [0.3, 0.4) is 0 Å². The third-order valence-electron chi connectivity index (χ3n) is 1.61. The van der Waals surface area contributed by atoms with E-state index in [9.17, 15) is 14.4 Å². The maximum absolute atomic E-state index is 11.1. The number of Topliss-reactive ketones (excluding diaryl/α,β-unsaturated/α-hetero) is 1. The van der Waals surface area contributed by atoms with Crippen molar-refractivity contribution in [1.29, 1.82) is 0 Å². The number of amides is 2. The van der Waals surface area contributed by atoms with Crippen LogP contribution in [0.15, 0.2) is 12.2 Å². The predicted molar refractivity (Wildman–Crippen MR) is 45.8 cm³/mol. The van der Waals surface area contributed by atoms with E-state index in [2.05, 4.69) is 0 Å². The molecule has 1 heterocycles. The van der Waals surface area contributed by atoms with Crippen molar-refractivity contribution < 1.29 is 15.8 Å². The summed E-state index contributed by atoms with van der Waals surface area (Å²) in [5.41, 5.74) is 0. The monoisotopic (exact) mass is 178 g/mol. The van der Waals surface area contributed by atoms with E-state index < -0.39 is 30.4 Å². The summed E-state index contributed by atoms with van der Waals surface area (Å²) in [7, 11) is 5.48. The molecule has 0 aromatic carbocycles. The molecule has 5 heteroatoms. The van der Waals surface area contributed by atoms with Crippen molar-refractivity contribution >= 4 is 25.4 Å². The Hall–Kier alpha value is -1.39. The van der Waals surface area contributed by atoms with Gasteiger partial charge in [-0.15, -0.1) is 0 Å². The summed E-state index contributed by atoms with van der Waals surface area (Å²) in [5.74, 6) is -2.38. The molecule has 0 aromatic heterocycles. The number of carbonyl (C=O) groups is 3. The highest BCUT2D eigenvalue weighted by molar-refractivity contribution is 6.21. The molecule has 0 bridgehead atoms. The van der Waals surface area contributed by atoms with Crippen molar-refractivity contribution in [3.8, 4) is 0 Å². The molecule has 0 spiro atoms. The molecule has 0 saturated carbocycles. The lowest BCUT2D eigenvalue weighted by atomic mass is 9.90. The van der Waals surface area contributed by atoms with Crippen LogP contribution in [0.5, 0.6) is 0 Å². The van der Waals surface area contributed by atoms with Crippen LogP contribution in [-0.4, -0.2) is 36.3 Å². The topological polar surface area (TPSA) is 54.5 Å². The first-order chi connectivity index (χ1) is 6.56. The smallest absolute Gasteiger partial charge is 0.253 e. The fourth-order valence-electron chi connectivity index (χ4n) is 1.06. The summed E-state index contributed by atoms with van der Waals surface area (Å²) in [6.07, 6.45) is 2.05. The average Bonchev–Trinajstić information content (AvgIpc) is 2.46. The lowest BCUT2D eigenvalue weighted by molar-refractivity contribution is -0.138. The van der Waals surface area contributed by atoms with Gasteiger partial charge >= 0.3 is 0 Å². The van der Waals surface area contributed by atoms with Gasteiger partial charge in [-0.05, 0) is 6.90 Å². The molecule has 1 atom stereocenters. The largest absolute Gasteiger partial charge is 0.300 e. The van der Waals surface area contributed by atoms with Gasteiger partial charge in [-0.3, -0.25) is 19.3 Å². The Morgan fingerprint density at radius 3 is 2.62 bits per heavy atom. The Kier molecular flexibility index (Phi) is 2.25. The summed E-state index contributed by atoms with van der Waals surface area (Å²) in [5, 5.41) is 0. The minimum absolute atomic E-state index is 0.164. The molecular weight excluding hydrogens is 169 g/mol. The lowest BCUT2D eigenvalue weighted by Crippen LogP contribution is -2.41. The van der Waals surface area contributed by atoms with Crippen LogP contribution in [0.1, 0.15) is 14.7 Å². The van der Waals surface area contributed by atoms with E-state index in [1.807, 2.05) is 0 Å². The van der Waals surface area contributed by atoms with Crippen molar-refractivity contribution in [1.82, 2.24) is 4.90 Å². The molecule has 0 saturated heterocycles. The third kappa shape index (κ3) is 2.05. The van der Waals surface area contributed by atoms with Crippen LogP contribution < -0.4 is 0 Å². The Labute approximate surface area is 78.4 Å². The van der Waals surface area contributed by atoms with Crippen LogP contribution in [0.2, 0.25) is 0 Å². The molecule has 0 fully saturated rings. The summed E-state index contributed by atoms with van der Waals surface area (Å²) in [4.78, 5) is 33.8. The van der Waals surface area contributed by atoms with Gasteiger partial charge in [0.15, 0.2) is 0 Å². The van der Waals surface area contributed by atoms with Gasteiger partial charge in [-0.1, -0.05) is 0 Å². The zero-order valence-electron chi connectivity index (χ0n) is 7.90. The van der Waals surface area contributed by atoms with E-state index in [1.165, 1.54) is 0 Å². The molecule has 0 aliphatic carbocycles. The molecule has 2 radical (unpaired) electrons. The molecule has 4 nitrogen and oxygen atoms in total. The Bertz CT molecular complexity index is 298. The Balaban J connectivity index is 2.61. The molecule has 1 unspecified atom stereocenters. The van der Waals surface area contributed by atoms with Gasteiger partial charge in [-0.25, -0.2) is 0 Å². The molecule has 1 aliphatic rings. The maximum atomic E-state index is 11.1. The SMILES string of the molecule is [2H]CC(=O)CC([B])N1C(=O)C=CC1=O. The number of nitrogens with zero attached hydrogens (tertiary/aromatic N) is 1. The molecule has 13 heavy (non-hydrogen) atoms. The second-order valence-corrected chi connectivity index (χ2v) is 2.69. The van der Waals surface area contributed by atoms with Gasteiger partial charge in [0.05, 0.1) is 0 Å². The molecule has 2 amide bonds. The first-order valence-corrected chi connectivity index (χ1v) is 3.68. The number of hydrogen-bond acceptors (Lipinski definition) is 3. The second kappa shape index (κ2) is 3.55. The number of hydrogen-bond donors (Lipinski definition) is 0. The number of ketones is 1. The van der Waals surface area contributed by atoms with Crippen LogP contribution in [0.4, 0.5) is 0 Å². The van der Waals surface area contributed by atoms with Gasteiger partial charge in [-0.2, -0.15) is 0 Å². The standard InChI is InChI=1S/C8H8BNO3/c1-5(11)4-6(9)10-7(12)2-3-8(10)13/h2-3,6H,4H2,1H3/i1D. The summed E-state index contributed by atoms with van der Waals surface area (Å²) in [6, 6.07) is 0. The first kappa shape index (κ1) is 8.22. The molecule has 1 aliphatic heterocycles. The zero-order chi connectivity index (χ0) is 10.7. The Morgan fingerprint density at radius 2 is 2.15 bits per heavy atom. The highest BCUT2D eigenvalue weighted by atomic mass is 16.2. The molecule has 0 aromatic rings. The number of rotatable bonds is 3. The van der Waals surface area contributed by atoms with Gasteiger partial charge in [0, 0.05) is 25.9 Å². The normalized spacial score (nSPS) is 19.1. The summed E-state index contributed by atoms with van der Waals surface area (Å²) >= 11 is 0. The van der Waals surface area contributed by atoms with Crippen LogP contribution in [-0.2, 0) is 14.4 Å². The summed E-state index contributed by atoms with van der Waals surface area (Å²) in [6.45, 7) is -0.392. The van der Waals surface area contributed by atoms with Crippen molar-refractivity contribution in [3.05, 3.63) is 12.2 Å². The quantitative estimate of drug-likeness (QED) is 0.427. The molecule has 1 rings (SSSR count). The first-order valence-electron chi connectivity index (χ1n) is 4.38. The van der Waals surface area contributed by atoms with Crippen LogP contribution in [0.25, 0.3) is 0 Å². The molecular formula is C8H8BNO3. The van der Waals surface area contributed by atoms with E-state index in [4.69, 9.17) is 9.22 Å². The van der Waals surface area contributed by atoms with Crippen LogP contribution in [0, 0.1) is 0 Å². The van der Waals surface area contributed by atoms with Crippen LogP contribution >= 0.6 is 0 Å².